The molecule has 2 rings (SSSR count). The Morgan fingerprint density at radius 2 is 1.47 bits per heavy atom. The zero-order valence-corrected chi connectivity index (χ0v) is 13.2. The van der Waals surface area contributed by atoms with Gasteiger partial charge in [0.1, 0.15) is 0 Å². The van der Waals surface area contributed by atoms with Gasteiger partial charge in [-0.05, 0) is 55.8 Å². The van der Waals surface area contributed by atoms with E-state index >= 15 is 0 Å². The summed E-state index contributed by atoms with van der Waals surface area (Å²) < 4.78 is 1.14. The van der Waals surface area contributed by atoms with Crippen molar-refractivity contribution in [3.63, 3.8) is 0 Å². The van der Waals surface area contributed by atoms with E-state index in [0.717, 1.165) is 23.9 Å². The van der Waals surface area contributed by atoms with E-state index in [0.29, 0.717) is 0 Å². The number of rotatable bonds is 5. The van der Waals surface area contributed by atoms with Crippen molar-refractivity contribution in [2.45, 2.75) is 19.4 Å². The van der Waals surface area contributed by atoms with Gasteiger partial charge in [-0.2, -0.15) is 0 Å². The summed E-state index contributed by atoms with van der Waals surface area (Å²) in [6.07, 6.45) is 2.20. The lowest BCUT2D eigenvalue weighted by Gasteiger charge is -2.14. The number of benzene rings is 2. The van der Waals surface area contributed by atoms with E-state index in [1.165, 1.54) is 16.7 Å². The molecule has 100 valence electrons. The molecule has 0 unspecified atom stereocenters. The minimum Gasteiger partial charge on any atom is -0.305 e. The molecule has 0 heterocycles. The lowest BCUT2D eigenvalue weighted by Crippen LogP contribution is -2.12. The van der Waals surface area contributed by atoms with E-state index in [2.05, 4.69) is 83.5 Å². The van der Waals surface area contributed by atoms with Gasteiger partial charge in [0.05, 0.1) is 0 Å². The Morgan fingerprint density at radius 1 is 0.842 bits per heavy atom. The highest BCUT2D eigenvalue weighted by atomic mass is 79.9. The smallest absolute Gasteiger partial charge is 0.0230 e. The summed E-state index contributed by atoms with van der Waals surface area (Å²) in [6.45, 7) is 1.01. The van der Waals surface area contributed by atoms with Crippen LogP contribution in [0.25, 0.3) is 0 Å². The van der Waals surface area contributed by atoms with Gasteiger partial charge in [-0.1, -0.05) is 52.3 Å². The van der Waals surface area contributed by atoms with E-state index in [9.17, 15) is 0 Å². The average molecular weight is 318 g/mol. The average Bonchev–Trinajstić information content (AvgIpc) is 2.39. The van der Waals surface area contributed by atoms with Crippen molar-refractivity contribution in [2.24, 2.45) is 0 Å². The highest BCUT2D eigenvalue weighted by Gasteiger charge is 2.03. The Labute approximate surface area is 124 Å². The zero-order valence-electron chi connectivity index (χ0n) is 11.6. The van der Waals surface area contributed by atoms with Gasteiger partial charge in [-0.25, -0.2) is 0 Å². The van der Waals surface area contributed by atoms with E-state index in [-0.39, 0.29) is 0 Å². The SMILES string of the molecule is CN(C)Cc1ccccc1CCc1ccc(Br)cc1. The molecule has 0 spiro atoms. The fourth-order valence-electron chi connectivity index (χ4n) is 2.23. The van der Waals surface area contributed by atoms with Gasteiger partial charge < -0.3 is 4.90 Å². The van der Waals surface area contributed by atoms with Crippen molar-refractivity contribution in [3.8, 4) is 0 Å². The first-order valence-corrected chi connectivity index (χ1v) is 7.40. The molecule has 0 saturated carbocycles. The van der Waals surface area contributed by atoms with Crippen molar-refractivity contribution in [1.29, 1.82) is 0 Å². The van der Waals surface area contributed by atoms with Crippen LogP contribution in [0, 0.1) is 0 Å². The molecule has 0 aliphatic carbocycles. The molecule has 0 aromatic heterocycles. The van der Waals surface area contributed by atoms with Crippen LogP contribution in [0.15, 0.2) is 53.0 Å². The molecule has 1 nitrogen and oxygen atoms in total. The van der Waals surface area contributed by atoms with Crippen LogP contribution >= 0.6 is 15.9 Å². The van der Waals surface area contributed by atoms with Crippen LogP contribution in [0.3, 0.4) is 0 Å². The monoisotopic (exact) mass is 317 g/mol. The van der Waals surface area contributed by atoms with Crippen molar-refractivity contribution in [3.05, 3.63) is 69.7 Å². The second kappa shape index (κ2) is 6.88. The molecule has 19 heavy (non-hydrogen) atoms. The first-order chi connectivity index (χ1) is 9.15. The third kappa shape index (κ3) is 4.48. The summed E-state index contributed by atoms with van der Waals surface area (Å²) >= 11 is 3.47. The third-order valence-electron chi connectivity index (χ3n) is 3.20. The van der Waals surface area contributed by atoms with Gasteiger partial charge in [0.2, 0.25) is 0 Å². The van der Waals surface area contributed by atoms with Crippen LogP contribution < -0.4 is 0 Å². The van der Waals surface area contributed by atoms with Gasteiger partial charge in [0.15, 0.2) is 0 Å². The van der Waals surface area contributed by atoms with Crippen molar-refractivity contribution in [2.75, 3.05) is 14.1 Å². The highest BCUT2D eigenvalue weighted by molar-refractivity contribution is 9.10. The quantitative estimate of drug-likeness (QED) is 0.795. The maximum Gasteiger partial charge on any atom is 0.0230 e. The molecule has 0 aliphatic heterocycles. The topological polar surface area (TPSA) is 3.24 Å². The molecule has 0 radical (unpaired) electrons. The molecular weight excluding hydrogens is 298 g/mol. The van der Waals surface area contributed by atoms with Crippen LogP contribution in [-0.4, -0.2) is 19.0 Å². The second-order valence-corrected chi connectivity index (χ2v) is 6.05. The highest BCUT2D eigenvalue weighted by Crippen LogP contribution is 2.16. The summed E-state index contributed by atoms with van der Waals surface area (Å²) in [4.78, 5) is 2.22. The normalized spacial score (nSPS) is 10.9. The minimum atomic E-state index is 1.01. The summed E-state index contributed by atoms with van der Waals surface area (Å²) in [5, 5.41) is 0. The van der Waals surface area contributed by atoms with Crippen LogP contribution in [0.5, 0.6) is 0 Å². The number of halogens is 1. The first-order valence-electron chi connectivity index (χ1n) is 6.61. The molecule has 0 fully saturated rings. The van der Waals surface area contributed by atoms with Gasteiger partial charge in [0.25, 0.3) is 0 Å². The fraction of sp³-hybridized carbons (Fsp3) is 0.294. The second-order valence-electron chi connectivity index (χ2n) is 5.13. The van der Waals surface area contributed by atoms with Crippen LogP contribution in [0.2, 0.25) is 0 Å². The van der Waals surface area contributed by atoms with Gasteiger partial charge in [0, 0.05) is 11.0 Å². The third-order valence-corrected chi connectivity index (χ3v) is 3.73. The molecule has 2 aromatic carbocycles. The van der Waals surface area contributed by atoms with E-state index in [1.807, 2.05) is 0 Å². The predicted molar refractivity (Wildman–Crippen MR) is 85.4 cm³/mol. The fourth-order valence-corrected chi connectivity index (χ4v) is 2.49. The zero-order chi connectivity index (χ0) is 13.7. The lowest BCUT2D eigenvalue weighted by atomic mass is 9.99. The molecule has 0 saturated heterocycles. The van der Waals surface area contributed by atoms with Crippen LogP contribution in [0.4, 0.5) is 0 Å². The number of hydrogen-bond acceptors (Lipinski definition) is 1. The van der Waals surface area contributed by atoms with Crippen molar-refractivity contribution in [1.82, 2.24) is 4.90 Å². The predicted octanol–water partition coefficient (Wildman–Crippen LogP) is 4.30. The van der Waals surface area contributed by atoms with Gasteiger partial charge >= 0.3 is 0 Å². The van der Waals surface area contributed by atoms with E-state index in [4.69, 9.17) is 0 Å². The first kappa shape index (κ1) is 14.3. The molecule has 0 bridgehead atoms. The molecule has 0 atom stereocenters. The summed E-state index contributed by atoms with van der Waals surface area (Å²) in [5.74, 6) is 0. The van der Waals surface area contributed by atoms with Crippen molar-refractivity contribution >= 4 is 15.9 Å². The molecule has 0 amide bonds. The molecule has 2 heteroatoms. The Morgan fingerprint density at radius 3 is 2.11 bits per heavy atom. The van der Waals surface area contributed by atoms with E-state index < -0.39 is 0 Å². The Hall–Kier alpha value is -1.12. The van der Waals surface area contributed by atoms with Crippen LogP contribution in [-0.2, 0) is 19.4 Å². The Bertz CT molecular complexity index is 517. The largest absolute Gasteiger partial charge is 0.305 e. The number of hydrogen-bond donors (Lipinski definition) is 0. The standard InChI is InChI=1S/C17H20BrN/c1-19(2)13-16-6-4-3-5-15(16)10-7-14-8-11-17(18)12-9-14/h3-6,8-9,11-12H,7,10,13H2,1-2H3. The number of aryl methyl sites for hydroxylation is 2. The maximum atomic E-state index is 3.47. The minimum absolute atomic E-state index is 1.01. The molecule has 0 N–H and O–H groups in total. The summed E-state index contributed by atoms with van der Waals surface area (Å²) in [5.41, 5.74) is 4.28. The van der Waals surface area contributed by atoms with Gasteiger partial charge in [-0.3, -0.25) is 0 Å². The Balaban J connectivity index is 2.04. The lowest BCUT2D eigenvalue weighted by molar-refractivity contribution is 0.401. The summed E-state index contributed by atoms with van der Waals surface area (Å²) in [7, 11) is 4.23. The molecule has 0 aliphatic rings. The van der Waals surface area contributed by atoms with Crippen LogP contribution in [0.1, 0.15) is 16.7 Å². The van der Waals surface area contributed by atoms with Crippen molar-refractivity contribution < 1.29 is 0 Å². The molecular formula is C17H20BrN. The molecule has 2 aromatic rings. The Kier molecular flexibility index (Phi) is 5.17. The van der Waals surface area contributed by atoms with Gasteiger partial charge in [-0.15, -0.1) is 0 Å². The number of nitrogens with zero attached hydrogens (tertiary/aromatic N) is 1. The maximum absolute atomic E-state index is 3.47. The van der Waals surface area contributed by atoms with E-state index in [1.54, 1.807) is 0 Å². The summed E-state index contributed by atoms with van der Waals surface area (Å²) in [6, 6.07) is 17.4.